The Hall–Kier alpha value is -1.26. The summed E-state index contributed by atoms with van der Waals surface area (Å²) < 4.78 is 6.13. The Labute approximate surface area is 119 Å². The molecular formula is C13H12BrClN2O. The maximum Gasteiger partial charge on any atom is 0.139 e. The van der Waals surface area contributed by atoms with Crippen LogP contribution < -0.4 is 10.1 Å². The molecule has 0 bridgehead atoms. The monoisotopic (exact) mass is 326 g/mol. The van der Waals surface area contributed by atoms with E-state index in [0.29, 0.717) is 10.8 Å². The van der Waals surface area contributed by atoms with E-state index in [4.69, 9.17) is 16.3 Å². The first kappa shape index (κ1) is 13.2. The predicted octanol–water partition coefficient (Wildman–Crippen LogP) is 4.56. The Morgan fingerprint density at radius 1 is 1.33 bits per heavy atom. The highest BCUT2D eigenvalue weighted by molar-refractivity contribution is 9.10. The van der Waals surface area contributed by atoms with Crippen LogP contribution in [0.1, 0.15) is 5.56 Å². The number of nitrogens with zero attached hydrogens (tertiary/aromatic N) is 1. The lowest BCUT2D eigenvalue weighted by atomic mass is 10.2. The van der Waals surface area contributed by atoms with Crippen LogP contribution in [0.4, 0.5) is 11.5 Å². The highest BCUT2D eigenvalue weighted by Gasteiger charge is 2.05. The smallest absolute Gasteiger partial charge is 0.139 e. The Balaban J connectivity index is 2.28. The molecule has 0 spiro atoms. The summed E-state index contributed by atoms with van der Waals surface area (Å²) in [6, 6.07) is 7.51. The minimum Gasteiger partial charge on any atom is -0.495 e. The van der Waals surface area contributed by atoms with Gasteiger partial charge in [-0.1, -0.05) is 11.6 Å². The number of anilines is 2. The predicted molar refractivity (Wildman–Crippen MR) is 78.0 cm³/mol. The van der Waals surface area contributed by atoms with Gasteiger partial charge < -0.3 is 10.1 Å². The zero-order valence-corrected chi connectivity index (χ0v) is 12.3. The van der Waals surface area contributed by atoms with Gasteiger partial charge in [0.15, 0.2) is 0 Å². The van der Waals surface area contributed by atoms with Gasteiger partial charge in [-0.25, -0.2) is 4.98 Å². The summed E-state index contributed by atoms with van der Waals surface area (Å²) in [7, 11) is 1.59. The summed E-state index contributed by atoms with van der Waals surface area (Å²) in [4.78, 5) is 4.32. The van der Waals surface area contributed by atoms with E-state index in [1.165, 1.54) is 0 Å². The molecule has 0 aliphatic carbocycles. The largest absolute Gasteiger partial charge is 0.495 e. The number of methoxy groups -OCH3 is 1. The lowest BCUT2D eigenvalue weighted by Gasteiger charge is -2.10. The molecule has 1 N–H and O–H groups in total. The van der Waals surface area contributed by atoms with E-state index >= 15 is 0 Å². The Morgan fingerprint density at radius 3 is 2.78 bits per heavy atom. The molecule has 0 aliphatic heterocycles. The van der Waals surface area contributed by atoms with Gasteiger partial charge in [0, 0.05) is 22.4 Å². The highest BCUT2D eigenvalue weighted by atomic mass is 79.9. The average Bonchev–Trinajstić information content (AvgIpc) is 2.35. The van der Waals surface area contributed by atoms with Gasteiger partial charge in [-0.15, -0.1) is 0 Å². The summed E-state index contributed by atoms with van der Waals surface area (Å²) in [5, 5.41) is 3.82. The van der Waals surface area contributed by atoms with Crippen LogP contribution in [0.2, 0.25) is 5.02 Å². The fourth-order valence-electron chi connectivity index (χ4n) is 1.55. The molecule has 0 radical (unpaired) electrons. The number of benzene rings is 1. The maximum atomic E-state index is 5.98. The molecule has 3 nitrogen and oxygen atoms in total. The number of rotatable bonds is 3. The Bertz CT molecular complexity index is 575. The lowest BCUT2D eigenvalue weighted by Crippen LogP contribution is -1.97. The fourth-order valence-corrected chi connectivity index (χ4v) is 2.19. The number of ether oxygens (including phenoxy) is 1. The van der Waals surface area contributed by atoms with Crippen LogP contribution in [-0.4, -0.2) is 12.1 Å². The van der Waals surface area contributed by atoms with Crippen LogP contribution in [0, 0.1) is 6.92 Å². The van der Waals surface area contributed by atoms with Crippen LogP contribution in [0.5, 0.6) is 5.75 Å². The molecule has 0 aliphatic rings. The fraction of sp³-hybridized carbons (Fsp3) is 0.154. The maximum absolute atomic E-state index is 5.98. The molecule has 0 saturated heterocycles. The third-order valence-electron chi connectivity index (χ3n) is 2.46. The van der Waals surface area contributed by atoms with E-state index in [1.54, 1.807) is 19.4 Å². The molecule has 0 atom stereocenters. The van der Waals surface area contributed by atoms with Gasteiger partial charge in [-0.05, 0) is 46.6 Å². The number of hydrogen-bond donors (Lipinski definition) is 1. The molecule has 5 heteroatoms. The molecule has 1 aromatic heterocycles. The van der Waals surface area contributed by atoms with Gasteiger partial charge in [0.1, 0.15) is 11.6 Å². The van der Waals surface area contributed by atoms with Crippen molar-refractivity contribution >= 4 is 39.0 Å². The Morgan fingerprint density at radius 2 is 2.11 bits per heavy atom. The minimum absolute atomic E-state index is 0.587. The standard InChI is InChI=1S/C13H12BrClN2O/c1-8-5-9(14)7-16-13(8)17-10-3-4-11(15)12(6-10)18-2/h3-7H,1-2H3,(H,16,17). The van der Waals surface area contributed by atoms with Crippen molar-refractivity contribution in [1.29, 1.82) is 0 Å². The molecule has 0 amide bonds. The molecule has 1 heterocycles. The third kappa shape index (κ3) is 2.94. The van der Waals surface area contributed by atoms with Crippen molar-refractivity contribution in [2.24, 2.45) is 0 Å². The van der Waals surface area contributed by atoms with Crippen molar-refractivity contribution in [3.05, 3.63) is 45.5 Å². The second-order valence-corrected chi connectivity index (χ2v) is 5.12. The van der Waals surface area contributed by atoms with Crippen molar-refractivity contribution in [2.45, 2.75) is 6.92 Å². The summed E-state index contributed by atoms with van der Waals surface area (Å²) in [6.45, 7) is 1.99. The number of nitrogens with one attached hydrogen (secondary N) is 1. The molecule has 0 unspecified atom stereocenters. The first-order valence-corrected chi connectivity index (χ1v) is 6.50. The van der Waals surface area contributed by atoms with Crippen LogP contribution in [-0.2, 0) is 0 Å². The molecule has 0 saturated carbocycles. The van der Waals surface area contributed by atoms with Gasteiger partial charge in [0.25, 0.3) is 0 Å². The van der Waals surface area contributed by atoms with Crippen LogP contribution >= 0.6 is 27.5 Å². The SMILES string of the molecule is COc1cc(Nc2ncc(Br)cc2C)ccc1Cl. The summed E-state index contributed by atoms with van der Waals surface area (Å²) in [5.41, 5.74) is 1.94. The second kappa shape index (κ2) is 5.59. The normalized spacial score (nSPS) is 10.2. The van der Waals surface area contributed by atoms with E-state index in [2.05, 4.69) is 26.2 Å². The first-order chi connectivity index (χ1) is 8.60. The quantitative estimate of drug-likeness (QED) is 0.897. The van der Waals surface area contributed by atoms with Gasteiger partial charge in [0.05, 0.1) is 12.1 Å². The molecular weight excluding hydrogens is 316 g/mol. The molecule has 94 valence electrons. The van der Waals surface area contributed by atoms with Crippen molar-refractivity contribution in [1.82, 2.24) is 4.98 Å². The number of aromatic nitrogens is 1. The van der Waals surface area contributed by atoms with Gasteiger partial charge in [-0.3, -0.25) is 0 Å². The second-order valence-electron chi connectivity index (χ2n) is 3.79. The van der Waals surface area contributed by atoms with Crippen molar-refractivity contribution in [3.8, 4) is 5.75 Å². The van der Waals surface area contributed by atoms with Crippen LogP contribution in [0.15, 0.2) is 34.9 Å². The number of halogens is 2. The molecule has 1 aromatic carbocycles. The van der Waals surface area contributed by atoms with Crippen molar-refractivity contribution < 1.29 is 4.74 Å². The number of aryl methyl sites for hydroxylation is 1. The van der Waals surface area contributed by atoms with E-state index in [1.807, 2.05) is 25.1 Å². The Kier molecular flexibility index (Phi) is 4.09. The van der Waals surface area contributed by atoms with E-state index in [-0.39, 0.29) is 0 Å². The molecule has 2 rings (SSSR count). The molecule has 2 aromatic rings. The zero-order chi connectivity index (χ0) is 13.1. The minimum atomic E-state index is 0.587. The van der Waals surface area contributed by atoms with Gasteiger partial charge in [0.2, 0.25) is 0 Å². The van der Waals surface area contributed by atoms with Crippen molar-refractivity contribution in [3.63, 3.8) is 0 Å². The third-order valence-corrected chi connectivity index (χ3v) is 3.20. The summed E-state index contributed by atoms with van der Waals surface area (Å²) in [6.07, 6.45) is 1.75. The number of pyridine rings is 1. The molecule has 0 fully saturated rings. The average molecular weight is 328 g/mol. The lowest BCUT2D eigenvalue weighted by molar-refractivity contribution is 0.415. The van der Waals surface area contributed by atoms with E-state index in [9.17, 15) is 0 Å². The summed E-state index contributed by atoms with van der Waals surface area (Å²) >= 11 is 9.36. The molecule has 18 heavy (non-hydrogen) atoms. The number of hydrogen-bond acceptors (Lipinski definition) is 3. The highest BCUT2D eigenvalue weighted by Crippen LogP contribution is 2.29. The van der Waals surface area contributed by atoms with Crippen LogP contribution in [0.25, 0.3) is 0 Å². The van der Waals surface area contributed by atoms with Crippen LogP contribution in [0.3, 0.4) is 0 Å². The van der Waals surface area contributed by atoms with Gasteiger partial charge in [-0.2, -0.15) is 0 Å². The summed E-state index contributed by atoms with van der Waals surface area (Å²) in [5.74, 6) is 1.44. The van der Waals surface area contributed by atoms with Crippen molar-refractivity contribution in [2.75, 3.05) is 12.4 Å². The topological polar surface area (TPSA) is 34.1 Å². The van der Waals surface area contributed by atoms with E-state index < -0.39 is 0 Å². The van der Waals surface area contributed by atoms with Gasteiger partial charge >= 0.3 is 0 Å². The van der Waals surface area contributed by atoms with E-state index in [0.717, 1.165) is 21.5 Å². The zero-order valence-electron chi connectivity index (χ0n) is 10.00. The first-order valence-electron chi connectivity index (χ1n) is 5.33.